The van der Waals surface area contributed by atoms with Crippen molar-refractivity contribution in [1.29, 1.82) is 0 Å². The van der Waals surface area contributed by atoms with Gasteiger partial charge in [-0.15, -0.1) is 0 Å². The SMILES string of the molecule is COC(=O)N[C@H](CC(N)=O)C(=O)N1CCC[C@@H]1c1ncc(-c2ccc3c(c2)Cc2cc(-c4cnc([C@H]5CCCN5C(=O)[C@@H](CC(N)=O)NC(=O)OC)[nH]4)ccc2-3)[nH]1. The molecule has 18 heteroatoms. The summed E-state index contributed by atoms with van der Waals surface area (Å²) in [5.41, 5.74) is 18.7. The summed E-state index contributed by atoms with van der Waals surface area (Å²) in [6.07, 6.45) is 4.57. The highest BCUT2D eigenvalue weighted by molar-refractivity contribution is 5.92. The van der Waals surface area contributed by atoms with Gasteiger partial charge in [0.25, 0.3) is 0 Å². The maximum atomic E-state index is 13.5. The molecule has 0 spiro atoms. The normalized spacial score (nSPS) is 18.0. The second-order valence-corrected chi connectivity index (χ2v) is 14.4. The number of nitrogens with two attached hydrogens (primary N) is 2. The molecule has 6 amide bonds. The number of methoxy groups -OCH3 is 2. The molecule has 57 heavy (non-hydrogen) atoms. The number of ether oxygens (including phenoxy) is 2. The minimum atomic E-state index is -1.15. The van der Waals surface area contributed by atoms with Gasteiger partial charge in [0.15, 0.2) is 0 Å². The summed E-state index contributed by atoms with van der Waals surface area (Å²) in [5, 5.41) is 4.85. The van der Waals surface area contributed by atoms with Crippen LogP contribution >= 0.6 is 0 Å². The second-order valence-electron chi connectivity index (χ2n) is 14.4. The number of likely N-dealkylation sites (tertiary alicyclic amines) is 2. The van der Waals surface area contributed by atoms with Crippen molar-refractivity contribution < 1.29 is 38.2 Å². The van der Waals surface area contributed by atoms with Gasteiger partial charge in [0.05, 0.1) is 62.9 Å². The molecule has 0 radical (unpaired) electrons. The van der Waals surface area contributed by atoms with Crippen molar-refractivity contribution in [3.8, 4) is 33.6 Å². The van der Waals surface area contributed by atoms with Gasteiger partial charge < -0.3 is 51.3 Å². The molecular weight excluding hydrogens is 736 g/mol. The van der Waals surface area contributed by atoms with Crippen LogP contribution in [0.2, 0.25) is 0 Å². The van der Waals surface area contributed by atoms with Gasteiger partial charge in [-0.25, -0.2) is 19.6 Å². The average Bonchev–Trinajstić information content (AvgIpc) is 4.04. The van der Waals surface area contributed by atoms with E-state index in [0.717, 1.165) is 57.6 Å². The smallest absolute Gasteiger partial charge is 0.407 e. The number of fused-ring (bicyclic) bond motifs is 3. The van der Waals surface area contributed by atoms with Crippen molar-refractivity contribution in [3.05, 3.63) is 71.6 Å². The molecule has 18 nitrogen and oxygen atoms in total. The Hall–Kier alpha value is -6.72. The van der Waals surface area contributed by atoms with Crippen molar-refractivity contribution in [1.82, 2.24) is 40.4 Å². The standard InChI is InChI=1S/C39H44N10O8/c1-56-38(54)46-26(16-32(40)50)36(52)48-11-3-5-30(48)34-42-18-28(44-34)20-7-9-24-22(13-20)15-23-14-21(8-10-25(23)24)29-19-43-35(45-29)31-6-4-12-49(31)37(53)27(17-33(41)51)47-39(55)57-2/h7-10,13-14,18-19,26-27,30-31H,3-6,11-12,15-17H2,1-2H3,(H2,40,50)(H2,41,51)(H,42,44)(H,43,45)(H,46,54)(H,47,55)/t26-,27-,30-,31-/m1/s1. The lowest BCUT2D eigenvalue weighted by Gasteiger charge is -2.27. The number of carbonyl (C=O) groups is 6. The summed E-state index contributed by atoms with van der Waals surface area (Å²) in [7, 11) is 2.35. The lowest BCUT2D eigenvalue weighted by molar-refractivity contribution is -0.136. The first kappa shape index (κ1) is 38.6. The maximum Gasteiger partial charge on any atom is 0.407 e. The Kier molecular flexibility index (Phi) is 10.9. The number of aromatic amines is 2. The maximum absolute atomic E-state index is 13.5. The van der Waals surface area contributed by atoms with Gasteiger partial charge in [0.2, 0.25) is 23.6 Å². The van der Waals surface area contributed by atoms with Crippen LogP contribution in [0.25, 0.3) is 33.6 Å². The van der Waals surface area contributed by atoms with Crippen LogP contribution in [0.15, 0.2) is 48.8 Å². The largest absolute Gasteiger partial charge is 0.453 e. The van der Waals surface area contributed by atoms with E-state index < -0.39 is 47.9 Å². The number of alkyl carbamates (subject to hydrolysis) is 2. The average molecular weight is 781 g/mol. The van der Waals surface area contributed by atoms with Gasteiger partial charge in [0, 0.05) is 13.1 Å². The van der Waals surface area contributed by atoms with Crippen molar-refractivity contribution in [2.24, 2.45) is 11.5 Å². The van der Waals surface area contributed by atoms with Crippen molar-refractivity contribution in [2.75, 3.05) is 27.3 Å². The molecule has 298 valence electrons. The number of nitrogens with one attached hydrogen (secondary N) is 4. The zero-order valence-corrected chi connectivity index (χ0v) is 31.5. The number of aromatic nitrogens is 4. The summed E-state index contributed by atoms with van der Waals surface area (Å²) in [5.74, 6) is -1.11. The predicted molar refractivity (Wildman–Crippen MR) is 204 cm³/mol. The number of primary amides is 2. The second kappa shape index (κ2) is 16.2. The Morgan fingerprint density at radius 3 is 1.53 bits per heavy atom. The zero-order chi connectivity index (χ0) is 40.4. The first-order valence-corrected chi connectivity index (χ1v) is 18.7. The minimum Gasteiger partial charge on any atom is -0.453 e. The molecule has 2 fully saturated rings. The Labute approximate surface area is 327 Å². The van der Waals surface area contributed by atoms with Gasteiger partial charge in [-0.3, -0.25) is 19.2 Å². The van der Waals surface area contributed by atoms with E-state index in [1.165, 1.54) is 14.2 Å². The molecule has 1 aliphatic carbocycles. The molecule has 0 bridgehead atoms. The van der Waals surface area contributed by atoms with Crippen LogP contribution in [0.5, 0.6) is 0 Å². The number of rotatable bonds is 12. The Morgan fingerprint density at radius 2 is 1.14 bits per heavy atom. The third-order valence-electron chi connectivity index (χ3n) is 10.8. The van der Waals surface area contributed by atoms with E-state index in [2.05, 4.69) is 64.3 Å². The number of carbonyl (C=O) groups excluding carboxylic acids is 6. The molecule has 2 aliphatic heterocycles. The predicted octanol–water partition coefficient (Wildman–Crippen LogP) is 2.57. The molecule has 0 unspecified atom stereocenters. The number of amides is 6. The number of nitrogens with zero attached hydrogens (tertiary/aromatic N) is 4. The number of benzene rings is 2. The van der Waals surface area contributed by atoms with E-state index in [4.69, 9.17) is 11.5 Å². The van der Waals surface area contributed by atoms with E-state index in [9.17, 15) is 28.8 Å². The third-order valence-corrected chi connectivity index (χ3v) is 10.8. The van der Waals surface area contributed by atoms with Crippen molar-refractivity contribution >= 4 is 35.8 Å². The fraction of sp³-hybridized carbons (Fsp3) is 0.385. The fourth-order valence-electron chi connectivity index (χ4n) is 8.09. The summed E-state index contributed by atoms with van der Waals surface area (Å²) in [6.45, 7) is 0.870. The lowest BCUT2D eigenvalue weighted by atomic mass is 10.0. The van der Waals surface area contributed by atoms with Crippen molar-refractivity contribution in [3.63, 3.8) is 0 Å². The fourth-order valence-corrected chi connectivity index (χ4v) is 8.09. The first-order chi connectivity index (χ1) is 27.4. The molecule has 4 aromatic rings. The van der Waals surface area contributed by atoms with Crippen LogP contribution in [0.3, 0.4) is 0 Å². The van der Waals surface area contributed by atoms with Crippen LogP contribution in [-0.2, 0) is 35.1 Å². The van der Waals surface area contributed by atoms with Gasteiger partial charge in [-0.2, -0.15) is 0 Å². The highest BCUT2D eigenvalue weighted by atomic mass is 16.5. The molecule has 8 N–H and O–H groups in total. The third kappa shape index (κ3) is 8.01. The molecule has 7 rings (SSSR count). The topological polar surface area (TPSA) is 261 Å². The summed E-state index contributed by atoms with van der Waals surface area (Å²) in [4.78, 5) is 93.5. The van der Waals surface area contributed by atoms with Crippen LogP contribution in [0.1, 0.15) is 73.4 Å². The molecule has 2 aromatic heterocycles. The van der Waals surface area contributed by atoms with Crippen molar-refractivity contribution in [2.45, 2.75) is 69.1 Å². The molecule has 4 heterocycles. The molecular formula is C39H44N10O8. The quantitative estimate of drug-likeness (QED) is 0.108. The van der Waals surface area contributed by atoms with Gasteiger partial charge >= 0.3 is 12.2 Å². The Morgan fingerprint density at radius 1 is 0.719 bits per heavy atom. The van der Waals surface area contributed by atoms with E-state index in [0.29, 0.717) is 44.0 Å². The monoisotopic (exact) mass is 780 g/mol. The van der Waals surface area contributed by atoms with E-state index in [-0.39, 0.29) is 24.9 Å². The lowest BCUT2D eigenvalue weighted by Crippen LogP contribution is -2.50. The van der Waals surface area contributed by atoms with Crippen LogP contribution in [-0.4, -0.2) is 105 Å². The van der Waals surface area contributed by atoms with Gasteiger partial charge in [-0.05, 0) is 77.6 Å². The minimum absolute atomic E-state index is 0.357. The van der Waals surface area contributed by atoms with E-state index >= 15 is 0 Å². The number of imidazole rings is 2. The summed E-state index contributed by atoms with van der Waals surface area (Å²) in [6, 6.07) is 9.46. The summed E-state index contributed by atoms with van der Waals surface area (Å²) >= 11 is 0. The highest BCUT2D eigenvalue weighted by Crippen LogP contribution is 2.41. The molecule has 2 aromatic carbocycles. The molecule has 0 saturated carbocycles. The van der Waals surface area contributed by atoms with E-state index in [1.807, 2.05) is 12.1 Å². The Bertz CT molecular complexity index is 2080. The first-order valence-electron chi connectivity index (χ1n) is 18.7. The van der Waals surface area contributed by atoms with Crippen LogP contribution in [0.4, 0.5) is 9.59 Å². The molecule has 4 atom stereocenters. The summed E-state index contributed by atoms with van der Waals surface area (Å²) < 4.78 is 9.28. The van der Waals surface area contributed by atoms with E-state index in [1.54, 1.807) is 22.2 Å². The Balaban J connectivity index is 1.04. The molecule has 3 aliphatic rings. The highest BCUT2D eigenvalue weighted by Gasteiger charge is 2.38. The number of H-pyrrole nitrogens is 2. The number of hydrogen-bond donors (Lipinski definition) is 6. The van der Waals surface area contributed by atoms with Gasteiger partial charge in [0.1, 0.15) is 23.7 Å². The number of hydrogen-bond acceptors (Lipinski definition) is 10. The zero-order valence-electron chi connectivity index (χ0n) is 31.5. The molecule has 2 saturated heterocycles. The van der Waals surface area contributed by atoms with Crippen LogP contribution < -0.4 is 22.1 Å². The van der Waals surface area contributed by atoms with Gasteiger partial charge in [-0.1, -0.05) is 24.3 Å². The van der Waals surface area contributed by atoms with Crippen LogP contribution in [0, 0.1) is 0 Å².